The Hall–Kier alpha value is 0.01000. The van der Waals surface area contributed by atoms with Gasteiger partial charge < -0.3 is 5.32 Å². The first-order chi connectivity index (χ1) is 8.69. The Bertz CT molecular complexity index is 390. The molecule has 18 heavy (non-hydrogen) atoms. The molecule has 100 valence electrons. The van der Waals surface area contributed by atoms with E-state index in [1.807, 2.05) is 11.8 Å². The van der Waals surface area contributed by atoms with Crippen molar-refractivity contribution in [2.45, 2.75) is 50.6 Å². The SMILES string of the molecule is CCC(C)CSc1cc(Br)ccc1CNC1CC1. The zero-order chi connectivity index (χ0) is 13.0. The second kappa shape index (κ2) is 6.97. The van der Waals surface area contributed by atoms with E-state index in [2.05, 4.69) is 53.3 Å². The van der Waals surface area contributed by atoms with Crippen LogP contribution in [0.1, 0.15) is 38.7 Å². The van der Waals surface area contributed by atoms with Crippen LogP contribution < -0.4 is 5.32 Å². The van der Waals surface area contributed by atoms with Crippen LogP contribution in [0.15, 0.2) is 27.6 Å². The highest BCUT2D eigenvalue weighted by atomic mass is 79.9. The Kier molecular flexibility index (Phi) is 5.58. The van der Waals surface area contributed by atoms with Crippen molar-refractivity contribution in [3.8, 4) is 0 Å². The number of hydrogen-bond donors (Lipinski definition) is 1. The molecule has 0 aromatic heterocycles. The van der Waals surface area contributed by atoms with Crippen molar-refractivity contribution in [1.29, 1.82) is 0 Å². The predicted molar refractivity (Wildman–Crippen MR) is 84.2 cm³/mol. The fourth-order valence-corrected chi connectivity index (χ4v) is 3.45. The molecule has 1 unspecified atom stereocenters. The molecule has 1 N–H and O–H groups in total. The van der Waals surface area contributed by atoms with E-state index in [0.29, 0.717) is 0 Å². The minimum Gasteiger partial charge on any atom is -0.310 e. The quantitative estimate of drug-likeness (QED) is 0.719. The van der Waals surface area contributed by atoms with Gasteiger partial charge in [-0.1, -0.05) is 42.3 Å². The first kappa shape index (κ1) is 14.4. The number of benzene rings is 1. The van der Waals surface area contributed by atoms with Gasteiger partial charge in [-0.2, -0.15) is 0 Å². The molecule has 1 atom stereocenters. The van der Waals surface area contributed by atoms with Crippen LogP contribution in [0.3, 0.4) is 0 Å². The van der Waals surface area contributed by atoms with Gasteiger partial charge in [0.15, 0.2) is 0 Å². The molecule has 1 fully saturated rings. The van der Waals surface area contributed by atoms with Crippen molar-refractivity contribution >= 4 is 27.7 Å². The lowest BCUT2D eigenvalue weighted by atomic mass is 10.2. The van der Waals surface area contributed by atoms with E-state index in [-0.39, 0.29) is 0 Å². The molecule has 3 heteroatoms. The van der Waals surface area contributed by atoms with E-state index < -0.39 is 0 Å². The van der Waals surface area contributed by atoms with Gasteiger partial charge in [0.2, 0.25) is 0 Å². The summed E-state index contributed by atoms with van der Waals surface area (Å²) in [4.78, 5) is 1.43. The summed E-state index contributed by atoms with van der Waals surface area (Å²) in [6.45, 7) is 5.61. The molecule has 1 aromatic rings. The van der Waals surface area contributed by atoms with Gasteiger partial charge in [-0.05, 0) is 36.5 Å². The predicted octanol–water partition coefficient (Wildman–Crippen LogP) is 4.84. The van der Waals surface area contributed by atoms with E-state index in [0.717, 1.165) is 18.5 Å². The molecule has 1 aliphatic rings. The molecule has 0 radical (unpaired) electrons. The summed E-state index contributed by atoms with van der Waals surface area (Å²) in [6.07, 6.45) is 3.97. The largest absolute Gasteiger partial charge is 0.310 e. The zero-order valence-corrected chi connectivity index (χ0v) is 13.6. The van der Waals surface area contributed by atoms with Crippen molar-refractivity contribution in [3.63, 3.8) is 0 Å². The zero-order valence-electron chi connectivity index (χ0n) is 11.2. The van der Waals surface area contributed by atoms with Crippen molar-refractivity contribution in [2.24, 2.45) is 5.92 Å². The summed E-state index contributed by atoms with van der Waals surface area (Å²) in [5.41, 5.74) is 1.44. The fourth-order valence-electron chi connectivity index (χ4n) is 1.70. The highest BCUT2D eigenvalue weighted by Gasteiger charge is 2.20. The van der Waals surface area contributed by atoms with Gasteiger partial charge in [0.05, 0.1) is 0 Å². The fraction of sp³-hybridized carbons (Fsp3) is 0.600. The Morgan fingerprint density at radius 1 is 1.44 bits per heavy atom. The number of rotatable bonds is 7. The number of halogens is 1. The topological polar surface area (TPSA) is 12.0 Å². The Balaban J connectivity index is 1.97. The number of thioether (sulfide) groups is 1. The van der Waals surface area contributed by atoms with Gasteiger partial charge in [-0.15, -0.1) is 11.8 Å². The van der Waals surface area contributed by atoms with Crippen LogP contribution in [0.2, 0.25) is 0 Å². The second-order valence-corrected chi connectivity index (χ2v) is 7.21. The minimum absolute atomic E-state index is 0.779. The van der Waals surface area contributed by atoms with Crippen LogP contribution in [0, 0.1) is 5.92 Å². The average Bonchev–Trinajstić information content (AvgIpc) is 3.18. The van der Waals surface area contributed by atoms with Crippen molar-refractivity contribution in [2.75, 3.05) is 5.75 Å². The summed E-state index contributed by atoms with van der Waals surface area (Å²) in [6, 6.07) is 7.44. The third-order valence-electron chi connectivity index (χ3n) is 3.41. The number of hydrogen-bond acceptors (Lipinski definition) is 2. The highest BCUT2D eigenvalue weighted by molar-refractivity contribution is 9.10. The monoisotopic (exact) mass is 327 g/mol. The van der Waals surface area contributed by atoms with Crippen LogP contribution in [-0.2, 0) is 6.54 Å². The third kappa shape index (κ3) is 4.60. The van der Waals surface area contributed by atoms with Crippen LogP contribution in [0.25, 0.3) is 0 Å². The maximum atomic E-state index is 3.61. The molecule has 0 heterocycles. The van der Waals surface area contributed by atoms with Crippen molar-refractivity contribution in [3.05, 3.63) is 28.2 Å². The highest BCUT2D eigenvalue weighted by Crippen LogP contribution is 2.29. The van der Waals surface area contributed by atoms with Crippen molar-refractivity contribution < 1.29 is 0 Å². The number of nitrogens with one attached hydrogen (secondary N) is 1. The molecule has 1 aliphatic carbocycles. The molecule has 0 saturated heterocycles. The van der Waals surface area contributed by atoms with E-state index >= 15 is 0 Å². The van der Waals surface area contributed by atoms with Crippen LogP contribution in [0.5, 0.6) is 0 Å². The summed E-state index contributed by atoms with van der Waals surface area (Å²) >= 11 is 5.58. The molecular weight excluding hydrogens is 306 g/mol. The molecule has 0 bridgehead atoms. The molecule has 1 saturated carbocycles. The maximum absolute atomic E-state index is 3.61. The lowest BCUT2D eigenvalue weighted by Crippen LogP contribution is -2.15. The van der Waals surface area contributed by atoms with Gasteiger partial charge in [0.25, 0.3) is 0 Å². The van der Waals surface area contributed by atoms with Crippen molar-refractivity contribution in [1.82, 2.24) is 5.32 Å². The van der Waals surface area contributed by atoms with Crippen LogP contribution in [0.4, 0.5) is 0 Å². The normalized spacial score (nSPS) is 16.8. The molecule has 1 aromatic carbocycles. The molecule has 0 spiro atoms. The van der Waals surface area contributed by atoms with E-state index in [1.54, 1.807) is 0 Å². The molecular formula is C15H22BrNS. The Morgan fingerprint density at radius 2 is 2.22 bits per heavy atom. The minimum atomic E-state index is 0.779. The van der Waals surface area contributed by atoms with Crippen LogP contribution in [-0.4, -0.2) is 11.8 Å². The molecule has 0 aliphatic heterocycles. The third-order valence-corrected chi connectivity index (χ3v) is 5.33. The maximum Gasteiger partial charge on any atom is 0.0219 e. The van der Waals surface area contributed by atoms with E-state index in [9.17, 15) is 0 Å². The molecule has 0 amide bonds. The first-order valence-corrected chi connectivity index (χ1v) is 8.61. The van der Waals surface area contributed by atoms with E-state index in [1.165, 1.54) is 39.9 Å². The smallest absolute Gasteiger partial charge is 0.0219 e. The Labute approximate surface area is 123 Å². The van der Waals surface area contributed by atoms with Crippen LogP contribution >= 0.6 is 27.7 Å². The van der Waals surface area contributed by atoms with Gasteiger partial charge in [0.1, 0.15) is 0 Å². The summed E-state index contributed by atoms with van der Waals surface area (Å²) in [5, 5.41) is 3.61. The van der Waals surface area contributed by atoms with Gasteiger partial charge in [-0.3, -0.25) is 0 Å². The summed E-state index contributed by atoms with van der Waals surface area (Å²) in [5.74, 6) is 2.00. The van der Waals surface area contributed by atoms with Gasteiger partial charge in [-0.25, -0.2) is 0 Å². The average molecular weight is 328 g/mol. The van der Waals surface area contributed by atoms with Gasteiger partial charge in [0, 0.05) is 27.7 Å². The molecule has 2 rings (SSSR count). The standard InChI is InChI=1S/C15H22BrNS/c1-3-11(2)10-18-15-8-13(16)5-4-12(15)9-17-14-6-7-14/h4-5,8,11,14,17H,3,6-7,9-10H2,1-2H3. The van der Waals surface area contributed by atoms with Gasteiger partial charge >= 0.3 is 0 Å². The lowest BCUT2D eigenvalue weighted by molar-refractivity contribution is 0.636. The Morgan fingerprint density at radius 3 is 2.89 bits per heavy atom. The second-order valence-electron chi connectivity index (χ2n) is 5.23. The lowest BCUT2D eigenvalue weighted by Gasteiger charge is -2.13. The van der Waals surface area contributed by atoms with E-state index in [4.69, 9.17) is 0 Å². The first-order valence-electron chi connectivity index (χ1n) is 6.83. The summed E-state index contributed by atoms with van der Waals surface area (Å²) < 4.78 is 1.18. The summed E-state index contributed by atoms with van der Waals surface area (Å²) in [7, 11) is 0. The molecule has 1 nitrogen and oxygen atoms in total.